The van der Waals surface area contributed by atoms with Crippen LogP contribution in [0.4, 0.5) is 5.69 Å². The Bertz CT molecular complexity index is 568. The van der Waals surface area contributed by atoms with Crippen molar-refractivity contribution in [3.8, 4) is 0 Å². The number of rotatable bonds is 3. The minimum atomic E-state index is -0.744. The summed E-state index contributed by atoms with van der Waals surface area (Å²) < 4.78 is 0. The van der Waals surface area contributed by atoms with E-state index >= 15 is 0 Å². The Balaban J connectivity index is 1.92. The second-order valence-electron chi connectivity index (χ2n) is 5.93. The number of thioether (sulfide) groups is 1. The van der Waals surface area contributed by atoms with Crippen LogP contribution in [0, 0.1) is 5.92 Å². The largest absolute Gasteiger partial charge is 0.342 e. The van der Waals surface area contributed by atoms with Gasteiger partial charge in [-0.25, -0.2) is 0 Å². The third-order valence-corrected chi connectivity index (χ3v) is 5.17. The maximum Gasteiger partial charge on any atom is 0.252 e. The third-order valence-electron chi connectivity index (χ3n) is 4.43. The van der Waals surface area contributed by atoms with E-state index in [4.69, 9.17) is 0 Å². The Morgan fingerprint density at radius 2 is 1.90 bits per heavy atom. The van der Waals surface area contributed by atoms with Crippen LogP contribution in [-0.4, -0.2) is 30.2 Å². The summed E-state index contributed by atoms with van der Waals surface area (Å²) in [6, 6.07) is 7.96. The molecule has 21 heavy (non-hydrogen) atoms. The van der Waals surface area contributed by atoms with Crippen LogP contribution in [0.15, 0.2) is 29.2 Å². The molecule has 1 saturated heterocycles. The molecular weight excluding hydrogens is 284 g/mol. The van der Waals surface area contributed by atoms with Crippen molar-refractivity contribution < 1.29 is 9.59 Å². The molecule has 2 amide bonds. The number of carbonyl (C=O) groups excluding carboxylic acids is 2. The molecule has 1 atom stereocenters. The molecule has 0 aromatic heterocycles. The molecule has 1 saturated carbocycles. The highest BCUT2D eigenvalue weighted by Crippen LogP contribution is 2.42. The maximum atomic E-state index is 13.0. The van der Waals surface area contributed by atoms with Crippen LogP contribution in [0.5, 0.6) is 0 Å². The number of amides is 2. The molecule has 1 aliphatic heterocycles. The van der Waals surface area contributed by atoms with Gasteiger partial charge in [-0.15, -0.1) is 11.8 Å². The van der Waals surface area contributed by atoms with Crippen LogP contribution >= 0.6 is 11.8 Å². The predicted molar refractivity (Wildman–Crippen MR) is 84.5 cm³/mol. The van der Waals surface area contributed by atoms with Crippen LogP contribution in [-0.2, 0) is 9.59 Å². The van der Waals surface area contributed by atoms with Crippen molar-refractivity contribution in [2.24, 2.45) is 5.92 Å². The number of anilines is 1. The van der Waals surface area contributed by atoms with Crippen LogP contribution < -0.4 is 10.2 Å². The van der Waals surface area contributed by atoms with E-state index in [9.17, 15) is 9.59 Å². The Morgan fingerprint density at radius 3 is 2.48 bits per heavy atom. The first-order valence-corrected chi connectivity index (χ1v) is 8.54. The fourth-order valence-electron chi connectivity index (χ4n) is 2.95. The first-order chi connectivity index (χ1) is 10.0. The summed E-state index contributed by atoms with van der Waals surface area (Å²) >= 11 is 1.67. The lowest BCUT2D eigenvalue weighted by atomic mass is 9.94. The van der Waals surface area contributed by atoms with Crippen molar-refractivity contribution in [1.29, 1.82) is 0 Å². The van der Waals surface area contributed by atoms with E-state index in [-0.39, 0.29) is 17.7 Å². The van der Waals surface area contributed by atoms with Gasteiger partial charge in [-0.05, 0) is 56.2 Å². The number of hydrogen-bond acceptors (Lipinski definition) is 3. The van der Waals surface area contributed by atoms with E-state index in [0.717, 1.165) is 18.5 Å². The van der Waals surface area contributed by atoms with Crippen molar-refractivity contribution in [1.82, 2.24) is 5.32 Å². The van der Waals surface area contributed by atoms with Gasteiger partial charge in [-0.3, -0.25) is 9.59 Å². The number of benzene rings is 1. The molecule has 0 radical (unpaired) electrons. The molecule has 4 nitrogen and oxygen atoms in total. The van der Waals surface area contributed by atoms with Gasteiger partial charge in [0.05, 0.1) is 0 Å². The summed E-state index contributed by atoms with van der Waals surface area (Å²) in [5.41, 5.74) is 0.132. The molecule has 112 valence electrons. The summed E-state index contributed by atoms with van der Waals surface area (Å²) in [5, 5.41) is 2.95. The van der Waals surface area contributed by atoms with Gasteiger partial charge in [-0.2, -0.15) is 0 Å². The fourth-order valence-corrected chi connectivity index (χ4v) is 3.35. The highest BCUT2D eigenvalue weighted by molar-refractivity contribution is 7.98. The maximum absolute atomic E-state index is 13.0. The van der Waals surface area contributed by atoms with Crippen molar-refractivity contribution in [3.05, 3.63) is 24.3 Å². The van der Waals surface area contributed by atoms with Crippen molar-refractivity contribution in [2.75, 3.05) is 17.7 Å². The van der Waals surface area contributed by atoms with Gasteiger partial charge in [0.2, 0.25) is 5.91 Å². The Hall–Kier alpha value is -1.49. The molecule has 1 unspecified atom stereocenters. The summed E-state index contributed by atoms with van der Waals surface area (Å²) in [4.78, 5) is 27.8. The lowest BCUT2D eigenvalue weighted by Crippen LogP contribution is -2.56. The SMILES string of the molecule is CSc1ccc(N2CCC(=O)NC(C)(C3CC3)C2=O)cc1. The summed E-state index contributed by atoms with van der Waals surface area (Å²) in [5.74, 6) is 0.272. The first-order valence-electron chi connectivity index (χ1n) is 7.31. The third kappa shape index (κ3) is 2.67. The zero-order valence-corrected chi connectivity index (χ0v) is 13.2. The van der Waals surface area contributed by atoms with E-state index < -0.39 is 5.54 Å². The fraction of sp³-hybridized carbons (Fsp3) is 0.500. The smallest absolute Gasteiger partial charge is 0.252 e. The molecule has 1 aromatic carbocycles. The Morgan fingerprint density at radius 1 is 1.24 bits per heavy atom. The number of nitrogens with one attached hydrogen (secondary N) is 1. The molecule has 2 fully saturated rings. The molecule has 5 heteroatoms. The quantitative estimate of drug-likeness (QED) is 0.873. The summed E-state index contributed by atoms with van der Waals surface area (Å²) in [7, 11) is 0. The van der Waals surface area contributed by atoms with Gasteiger partial charge in [0, 0.05) is 23.5 Å². The van der Waals surface area contributed by atoms with Crippen LogP contribution in [0.3, 0.4) is 0 Å². The van der Waals surface area contributed by atoms with Crippen molar-refractivity contribution in [2.45, 2.75) is 36.6 Å². The molecule has 1 aromatic rings. The van der Waals surface area contributed by atoms with Crippen LogP contribution in [0.1, 0.15) is 26.2 Å². The minimum absolute atomic E-state index is 0.0211. The van der Waals surface area contributed by atoms with Crippen molar-refractivity contribution in [3.63, 3.8) is 0 Å². The van der Waals surface area contributed by atoms with Gasteiger partial charge >= 0.3 is 0 Å². The monoisotopic (exact) mass is 304 g/mol. The van der Waals surface area contributed by atoms with Gasteiger partial charge < -0.3 is 10.2 Å². The zero-order chi connectivity index (χ0) is 15.0. The first kappa shape index (κ1) is 14.4. The molecule has 3 rings (SSSR count). The number of nitrogens with zero attached hydrogens (tertiary/aromatic N) is 1. The van der Waals surface area contributed by atoms with E-state index in [1.165, 1.54) is 4.90 Å². The van der Waals surface area contributed by atoms with Crippen molar-refractivity contribution >= 4 is 29.3 Å². The van der Waals surface area contributed by atoms with E-state index in [1.54, 1.807) is 16.7 Å². The van der Waals surface area contributed by atoms with Gasteiger partial charge in [-0.1, -0.05) is 0 Å². The Kier molecular flexibility index (Phi) is 3.69. The normalized spacial score (nSPS) is 26.5. The van der Waals surface area contributed by atoms with Crippen LogP contribution in [0.25, 0.3) is 0 Å². The average molecular weight is 304 g/mol. The molecule has 1 N–H and O–H groups in total. The number of carbonyl (C=O) groups is 2. The standard InChI is InChI=1S/C16H20N2O2S/c1-16(11-3-4-11)15(20)18(10-9-14(19)17-16)12-5-7-13(21-2)8-6-12/h5-8,11H,3-4,9-10H2,1-2H3,(H,17,19). The average Bonchev–Trinajstić information content (AvgIpc) is 3.32. The summed E-state index contributed by atoms with van der Waals surface area (Å²) in [6.45, 7) is 2.32. The van der Waals surface area contributed by atoms with Gasteiger partial charge in [0.1, 0.15) is 5.54 Å². The predicted octanol–water partition coefficient (Wildman–Crippen LogP) is 2.43. The second kappa shape index (κ2) is 5.37. The highest BCUT2D eigenvalue weighted by atomic mass is 32.2. The molecule has 1 aliphatic carbocycles. The minimum Gasteiger partial charge on any atom is -0.342 e. The number of hydrogen-bond donors (Lipinski definition) is 1. The summed E-state index contributed by atoms with van der Waals surface area (Å²) in [6.07, 6.45) is 4.42. The topological polar surface area (TPSA) is 49.4 Å². The molecule has 0 bridgehead atoms. The molecule has 0 spiro atoms. The molecular formula is C16H20N2O2S. The van der Waals surface area contributed by atoms with E-state index in [1.807, 2.05) is 37.4 Å². The lowest BCUT2D eigenvalue weighted by molar-refractivity contribution is -0.130. The van der Waals surface area contributed by atoms with E-state index in [2.05, 4.69) is 5.32 Å². The second-order valence-corrected chi connectivity index (χ2v) is 6.81. The molecule has 1 heterocycles. The van der Waals surface area contributed by atoms with E-state index in [0.29, 0.717) is 13.0 Å². The highest BCUT2D eigenvalue weighted by Gasteiger charge is 2.51. The van der Waals surface area contributed by atoms with Crippen LogP contribution in [0.2, 0.25) is 0 Å². The lowest BCUT2D eigenvalue weighted by Gasteiger charge is -2.32. The van der Waals surface area contributed by atoms with Gasteiger partial charge in [0.15, 0.2) is 0 Å². The molecule has 2 aliphatic rings. The van der Waals surface area contributed by atoms with Gasteiger partial charge in [0.25, 0.3) is 5.91 Å². The Labute approximate surface area is 129 Å². The zero-order valence-electron chi connectivity index (χ0n) is 12.4.